The van der Waals surface area contributed by atoms with Gasteiger partial charge in [0.1, 0.15) is 0 Å². The monoisotopic (exact) mass is 300 g/mol. The van der Waals surface area contributed by atoms with Crippen LogP contribution in [-0.4, -0.2) is 12.1 Å². The smallest absolute Gasteiger partial charge is 0.391 e. The third-order valence-corrected chi connectivity index (χ3v) is 3.97. The van der Waals surface area contributed by atoms with Gasteiger partial charge in [-0.3, -0.25) is 4.79 Å². The van der Waals surface area contributed by atoms with Crippen LogP contribution in [0, 0.1) is 18.8 Å². The van der Waals surface area contributed by atoms with Crippen molar-refractivity contribution in [2.45, 2.75) is 38.8 Å². The molecule has 1 fully saturated rings. The lowest BCUT2D eigenvalue weighted by Crippen LogP contribution is -2.34. The Balaban J connectivity index is 2.03. The van der Waals surface area contributed by atoms with Gasteiger partial charge in [0.15, 0.2) is 0 Å². The summed E-state index contributed by atoms with van der Waals surface area (Å²) in [5.74, 6) is -2.36. The van der Waals surface area contributed by atoms with Gasteiger partial charge in [-0.05, 0) is 43.9 Å². The third kappa shape index (κ3) is 3.89. The van der Waals surface area contributed by atoms with Gasteiger partial charge in [-0.15, -0.1) is 0 Å². The molecule has 0 spiro atoms. The zero-order valence-electron chi connectivity index (χ0n) is 11.8. The fraction of sp³-hybridized carbons (Fsp3) is 0.533. The Morgan fingerprint density at radius 1 is 1.33 bits per heavy atom. The zero-order chi connectivity index (χ0) is 15.6. The van der Waals surface area contributed by atoms with E-state index in [9.17, 15) is 18.0 Å². The summed E-state index contributed by atoms with van der Waals surface area (Å²) in [6.07, 6.45) is -3.33. The van der Waals surface area contributed by atoms with Gasteiger partial charge in [-0.1, -0.05) is 12.5 Å². The molecule has 0 aromatic heterocycles. The van der Waals surface area contributed by atoms with Crippen molar-refractivity contribution >= 4 is 17.3 Å². The summed E-state index contributed by atoms with van der Waals surface area (Å²) in [4.78, 5) is 12.1. The molecule has 116 valence electrons. The van der Waals surface area contributed by atoms with E-state index in [2.05, 4.69) is 5.32 Å². The highest BCUT2D eigenvalue weighted by Gasteiger charge is 2.43. The largest absolute Gasteiger partial charge is 0.397 e. The number of halogens is 3. The molecule has 0 saturated heterocycles. The SMILES string of the molecule is Cc1ccc(NC(=O)C2CCCC(C(F)(F)F)C2)c(N)c1. The van der Waals surface area contributed by atoms with Gasteiger partial charge >= 0.3 is 6.18 Å². The van der Waals surface area contributed by atoms with Crippen molar-refractivity contribution in [1.29, 1.82) is 0 Å². The fourth-order valence-corrected chi connectivity index (χ4v) is 2.76. The lowest BCUT2D eigenvalue weighted by molar-refractivity contribution is -0.185. The number of anilines is 2. The highest BCUT2D eigenvalue weighted by atomic mass is 19.4. The van der Waals surface area contributed by atoms with Gasteiger partial charge in [-0.2, -0.15) is 13.2 Å². The lowest BCUT2D eigenvalue weighted by atomic mass is 9.80. The Kier molecular flexibility index (Phi) is 4.44. The van der Waals surface area contributed by atoms with Crippen molar-refractivity contribution < 1.29 is 18.0 Å². The second-order valence-electron chi connectivity index (χ2n) is 5.68. The average molecular weight is 300 g/mol. The van der Waals surface area contributed by atoms with Crippen LogP contribution in [0.25, 0.3) is 0 Å². The van der Waals surface area contributed by atoms with E-state index in [0.717, 1.165) is 5.56 Å². The number of hydrogen-bond acceptors (Lipinski definition) is 2. The Hall–Kier alpha value is -1.72. The molecule has 21 heavy (non-hydrogen) atoms. The molecule has 1 aliphatic carbocycles. The Morgan fingerprint density at radius 2 is 2.05 bits per heavy atom. The molecule has 0 radical (unpaired) electrons. The maximum Gasteiger partial charge on any atom is 0.391 e. The summed E-state index contributed by atoms with van der Waals surface area (Å²) < 4.78 is 38.3. The molecule has 2 rings (SSSR count). The Morgan fingerprint density at radius 3 is 2.67 bits per heavy atom. The lowest BCUT2D eigenvalue weighted by Gasteiger charge is -2.29. The fourth-order valence-electron chi connectivity index (χ4n) is 2.76. The molecule has 0 heterocycles. The number of nitrogens with two attached hydrogens (primary N) is 1. The number of rotatable bonds is 2. The number of alkyl halides is 3. The van der Waals surface area contributed by atoms with Crippen LogP contribution in [0.4, 0.5) is 24.5 Å². The van der Waals surface area contributed by atoms with Crippen LogP contribution in [0.5, 0.6) is 0 Å². The van der Waals surface area contributed by atoms with Crippen LogP contribution >= 0.6 is 0 Å². The molecule has 1 aromatic carbocycles. The van der Waals surface area contributed by atoms with Crippen molar-refractivity contribution in [2.75, 3.05) is 11.1 Å². The number of nitrogen functional groups attached to an aromatic ring is 1. The van der Waals surface area contributed by atoms with Crippen molar-refractivity contribution in [3.05, 3.63) is 23.8 Å². The quantitative estimate of drug-likeness (QED) is 0.814. The zero-order valence-corrected chi connectivity index (χ0v) is 11.8. The number of amides is 1. The van der Waals surface area contributed by atoms with Crippen LogP contribution < -0.4 is 11.1 Å². The molecule has 3 N–H and O–H groups in total. The van der Waals surface area contributed by atoms with Gasteiger partial charge in [0.25, 0.3) is 0 Å². The van der Waals surface area contributed by atoms with Gasteiger partial charge in [0, 0.05) is 5.92 Å². The number of carbonyl (C=O) groups excluding carboxylic acids is 1. The van der Waals surface area contributed by atoms with Gasteiger partial charge in [0.05, 0.1) is 17.3 Å². The van der Waals surface area contributed by atoms with E-state index in [1.807, 2.05) is 6.92 Å². The molecular weight excluding hydrogens is 281 g/mol. The van der Waals surface area contributed by atoms with Gasteiger partial charge in [-0.25, -0.2) is 0 Å². The molecule has 1 saturated carbocycles. The predicted molar refractivity (Wildman–Crippen MR) is 75.7 cm³/mol. The number of benzene rings is 1. The van der Waals surface area contributed by atoms with Crippen molar-refractivity contribution in [2.24, 2.45) is 11.8 Å². The highest BCUT2D eigenvalue weighted by Crippen LogP contribution is 2.40. The topological polar surface area (TPSA) is 55.1 Å². The minimum absolute atomic E-state index is 0.111. The molecular formula is C15H19F3N2O. The maximum atomic E-state index is 12.8. The summed E-state index contributed by atoms with van der Waals surface area (Å²) in [5, 5.41) is 2.65. The van der Waals surface area contributed by atoms with Gasteiger partial charge < -0.3 is 11.1 Å². The summed E-state index contributed by atoms with van der Waals surface area (Å²) in [6, 6.07) is 5.19. The van der Waals surface area contributed by atoms with E-state index in [1.165, 1.54) is 0 Å². The van der Waals surface area contributed by atoms with E-state index in [1.54, 1.807) is 18.2 Å². The second-order valence-corrected chi connectivity index (χ2v) is 5.68. The summed E-state index contributed by atoms with van der Waals surface area (Å²) in [6.45, 7) is 1.87. The van der Waals surface area contributed by atoms with E-state index < -0.39 is 18.0 Å². The minimum Gasteiger partial charge on any atom is -0.397 e. The first-order valence-corrected chi connectivity index (χ1v) is 7.01. The number of hydrogen-bond donors (Lipinski definition) is 2. The first-order valence-electron chi connectivity index (χ1n) is 7.01. The van der Waals surface area contributed by atoms with Crippen LogP contribution in [0.2, 0.25) is 0 Å². The molecule has 3 nitrogen and oxygen atoms in total. The third-order valence-electron chi connectivity index (χ3n) is 3.97. The number of carbonyl (C=O) groups is 1. The average Bonchev–Trinajstić information content (AvgIpc) is 2.41. The van der Waals surface area contributed by atoms with Crippen molar-refractivity contribution in [1.82, 2.24) is 0 Å². The molecule has 0 aliphatic heterocycles. The summed E-state index contributed by atoms with van der Waals surface area (Å²) >= 11 is 0. The number of nitrogens with one attached hydrogen (secondary N) is 1. The summed E-state index contributed by atoms with van der Waals surface area (Å²) in [7, 11) is 0. The van der Waals surface area contributed by atoms with E-state index in [4.69, 9.17) is 5.73 Å². The normalized spacial score (nSPS) is 22.9. The van der Waals surface area contributed by atoms with Crippen LogP contribution in [0.1, 0.15) is 31.2 Å². The first kappa shape index (κ1) is 15.7. The Labute approximate surface area is 121 Å². The molecule has 6 heteroatoms. The van der Waals surface area contributed by atoms with Crippen LogP contribution in [0.15, 0.2) is 18.2 Å². The molecule has 2 atom stereocenters. The first-order chi connectivity index (χ1) is 9.77. The van der Waals surface area contributed by atoms with E-state index in [0.29, 0.717) is 24.2 Å². The van der Waals surface area contributed by atoms with Crippen LogP contribution in [-0.2, 0) is 4.79 Å². The molecule has 2 unspecified atom stereocenters. The van der Waals surface area contributed by atoms with Crippen molar-refractivity contribution in [3.8, 4) is 0 Å². The maximum absolute atomic E-state index is 12.8. The second kappa shape index (κ2) is 5.95. The van der Waals surface area contributed by atoms with E-state index in [-0.39, 0.29) is 18.7 Å². The van der Waals surface area contributed by atoms with Crippen molar-refractivity contribution in [3.63, 3.8) is 0 Å². The van der Waals surface area contributed by atoms with Crippen LogP contribution in [0.3, 0.4) is 0 Å². The predicted octanol–water partition coefficient (Wildman–Crippen LogP) is 3.88. The minimum atomic E-state index is -4.22. The highest BCUT2D eigenvalue weighted by molar-refractivity contribution is 5.95. The standard InChI is InChI=1S/C15H19F3N2O/c1-9-5-6-13(12(19)7-9)20-14(21)10-3-2-4-11(8-10)15(16,17)18/h5-7,10-11H,2-4,8,19H2,1H3,(H,20,21). The molecule has 1 amide bonds. The summed E-state index contributed by atoms with van der Waals surface area (Å²) in [5.41, 5.74) is 7.64. The molecule has 1 aliphatic rings. The molecule has 0 bridgehead atoms. The number of aryl methyl sites for hydroxylation is 1. The van der Waals surface area contributed by atoms with E-state index >= 15 is 0 Å². The Bertz CT molecular complexity index is 528. The molecule has 1 aromatic rings. The van der Waals surface area contributed by atoms with Gasteiger partial charge in [0.2, 0.25) is 5.91 Å².